The molecule has 1 aromatic carbocycles. The number of rotatable bonds is 3. The van der Waals surface area contributed by atoms with Gasteiger partial charge < -0.3 is 15.4 Å². The van der Waals surface area contributed by atoms with Gasteiger partial charge in [-0.25, -0.2) is 4.68 Å². The summed E-state index contributed by atoms with van der Waals surface area (Å²) in [7, 11) is 1.80. The number of morpholine rings is 1. The Kier molecular flexibility index (Phi) is 4.55. The zero-order valence-electron chi connectivity index (χ0n) is 14.1. The largest absolute Gasteiger partial charge is 0.375 e. The van der Waals surface area contributed by atoms with Gasteiger partial charge in [-0.2, -0.15) is 0 Å². The van der Waals surface area contributed by atoms with Crippen molar-refractivity contribution in [1.29, 1.82) is 0 Å². The van der Waals surface area contributed by atoms with Crippen molar-refractivity contribution in [1.82, 2.24) is 14.7 Å². The van der Waals surface area contributed by atoms with Crippen LogP contribution in [-0.4, -0.2) is 40.6 Å². The molecule has 0 saturated carbocycles. The first-order valence-electron chi connectivity index (χ1n) is 8.00. The Labute approximate surface area is 140 Å². The van der Waals surface area contributed by atoms with E-state index in [0.29, 0.717) is 24.5 Å². The molecule has 3 rings (SSSR count). The van der Waals surface area contributed by atoms with Crippen LogP contribution in [0.3, 0.4) is 0 Å². The predicted octanol–water partition coefficient (Wildman–Crippen LogP) is 0.800. The first kappa shape index (κ1) is 16.5. The van der Waals surface area contributed by atoms with Gasteiger partial charge in [0.2, 0.25) is 5.91 Å². The number of anilines is 1. The standard InChI is InChI=1S/C17H22N4O3/c1-11-14(19-16(22)15-12(2)24-10-9-18-15)17(23)21(20(11)3)13-7-5-4-6-8-13/h4-8,12,15,18H,9-10H2,1-3H3,(H,19,22)/t12-,15+/m1/s1. The van der Waals surface area contributed by atoms with Crippen LogP contribution in [0, 0.1) is 6.92 Å². The number of para-hydroxylation sites is 1. The molecule has 2 aromatic rings. The minimum atomic E-state index is -0.470. The second kappa shape index (κ2) is 6.62. The summed E-state index contributed by atoms with van der Waals surface area (Å²) in [5, 5.41) is 5.90. The Morgan fingerprint density at radius 1 is 1.33 bits per heavy atom. The van der Waals surface area contributed by atoms with Crippen LogP contribution in [0.15, 0.2) is 35.1 Å². The van der Waals surface area contributed by atoms with Gasteiger partial charge in [-0.1, -0.05) is 18.2 Å². The lowest BCUT2D eigenvalue weighted by atomic mass is 10.1. The number of aromatic nitrogens is 2. The smallest absolute Gasteiger partial charge is 0.295 e. The summed E-state index contributed by atoms with van der Waals surface area (Å²) in [4.78, 5) is 25.3. The lowest BCUT2D eigenvalue weighted by Gasteiger charge is -2.29. The van der Waals surface area contributed by atoms with Crippen molar-refractivity contribution in [2.75, 3.05) is 18.5 Å². The van der Waals surface area contributed by atoms with Crippen LogP contribution in [0.5, 0.6) is 0 Å². The number of carbonyl (C=O) groups excluding carboxylic acids is 1. The summed E-state index contributed by atoms with van der Waals surface area (Å²) in [6.07, 6.45) is -0.237. The highest BCUT2D eigenvalue weighted by Crippen LogP contribution is 2.15. The van der Waals surface area contributed by atoms with Crippen LogP contribution < -0.4 is 16.2 Å². The monoisotopic (exact) mass is 330 g/mol. The number of ether oxygens (including phenoxy) is 1. The third kappa shape index (κ3) is 2.88. The van der Waals surface area contributed by atoms with Gasteiger partial charge in [-0.05, 0) is 26.0 Å². The molecule has 0 spiro atoms. The summed E-state index contributed by atoms with van der Waals surface area (Å²) in [5.74, 6) is -0.256. The Hall–Kier alpha value is -2.38. The van der Waals surface area contributed by atoms with Crippen LogP contribution in [0.4, 0.5) is 5.69 Å². The molecular formula is C17H22N4O3. The molecule has 1 amide bonds. The normalized spacial score (nSPS) is 20.8. The predicted molar refractivity (Wildman–Crippen MR) is 91.6 cm³/mol. The highest BCUT2D eigenvalue weighted by atomic mass is 16.5. The van der Waals surface area contributed by atoms with Crippen molar-refractivity contribution < 1.29 is 9.53 Å². The summed E-state index contributed by atoms with van der Waals surface area (Å²) in [6, 6.07) is 8.86. The molecule has 7 heteroatoms. The SMILES string of the molecule is Cc1c(NC(=O)[C@H]2NCCO[C@@H]2C)c(=O)n(-c2ccccc2)n1C. The van der Waals surface area contributed by atoms with E-state index in [9.17, 15) is 9.59 Å². The molecule has 2 heterocycles. The van der Waals surface area contributed by atoms with E-state index < -0.39 is 6.04 Å². The van der Waals surface area contributed by atoms with Gasteiger partial charge in [0.05, 0.1) is 24.1 Å². The number of hydrogen-bond acceptors (Lipinski definition) is 4. The molecule has 2 atom stereocenters. The van der Waals surface area contributed by atoms with Crippen molar-refractivity contribution >= 4 is 11.6 Å². The maximum absolute atomic E-state index is 12.8. The Balaban J connectivity index is 1.92. The fourth-order valence-corrected chi connectivity index (χ4v) is 2.94. The van der Waals surface area contributed by atoms with Crippen LogP contribution in [0.1, 0.15) is 12.6 Å². The third-order valence-corrected chi connectivity index (χ3v) is 4.40. The van der Waals surface area contributed by atoms with E-state index in [1.54, 1.807) is 16.4 Å². The second-order valence-corrected chi connectivity index (χ2v) is 5.93. The van der Waals surface area contributed by atoms with E-state index in [1.807, 2.05) is 44.2 Å². The number of benzene rings is 1. The number of carbonyl (C=O) groups is 1. The molecule has 0 radical (unpaired) electrons. The molecule has 1 aliphatic heterocycles. The number of nitrogens with zero attached hydrogens (tertiary/aromatic N) is 2. The first-order valence-corrected chi connectivity index (χ1v) is 8.00. The highest BCUT2D eigenvalue weighted by molar-refractivity contribution is 5.95. The average Bonchev–Trinajstić information content (AvgIpc) is 2.79. The van der Waals surface area contributed by atoms with Crippen molar-refractivity contribution in [3.63, 3.8) is 0 Å². The van der Waals surface area contributed by atoms with Crippen LogP contribution in [0.2, 0.25) is 0 Å². The summed E-state index contributed by atoms with van der Waals surface area (Å²) in [6.45, 7) is 4.85. The molecule has 7 nitrogen and oxygen atoms in total. The fourth-order valence-electron chi connectivity index (χ4n) is 2.94. The zero-order valence-corrected chi connectivity index (χ0v) is 14.1. The highest BCUT2D eigenvalue weighted by Gasteiger charge is 2.30. The minimum Gasteiger partial charge on any atom is -0.375 e. The van der Waals surface area contributed by atoms with Gasteiger partial charge >= 0.3 is 0 Å². The molecule has 128 valence electrons. The fraction of sp³-hybridized carbons (Fsp3) is 0.412. The van der Waals surface area contributed by atoms with E-state index in [1.165, 1.54) is 0 Å². The molecule has 0 aliphatic carbocycles. The molecule has 24 heavy (non-hydrogen) atoms. The Morgan fingerprint density at radius 2 is 2.04 bits per heavy atom. The molecule has 1 aliphatic rings. The van der Waals surface area contributed by atoms with Gasteiger partial charge in [-0.15, -0.1) is 0 Å². The number of hydrogen-bond donors (Lipinski definition) is 2. The van der Waals surface area contributed by atoms with Crippen LogP contribution in [-0.2, 0) is 16.6 Å². The lowest BCUT2D eigenvalue weighted by molar-refractivity contribution is -0.123. The summed E-state index contributed by atoms with van der Waals surface area (Å²) < 4.78 is 8.77. The molecular weight excluding hydrogens is 308 g/mol. The lowest BCUT2D eigenvalue weighted by Crippen LogP contribution is -2.53. The van der Waals surface area contributed by atoms with E-state index in [-0.39, 0.29) is 17.6 Å². The van der Waals surface area contributed by atoms with Crippen molar-refractivity contribution in [2.45, 2.75) is 26.0 Å². The van der Waals surface area contributed by atoms with E-state index in [0.717, 1.165) is 5.69 Å². The van der Waals surface area contributed by atoms with Crippen LogP contribution >= 0.6 is 0 Å². The Morgan fingerprint density at radius 3 is 2.71 bits per heavy atom. The van der Waals surface area contributed by atoms with Gasteiger partial charge in [0.1, 0.15) is 11.7 Å². The van der Waals surface area contributed by atoms with Gasteiger partial charge in [0, 0.05) is 13.6 Å². The van der Waals surface area contributed by atoms with Gasteiger partial charge in [0.25, 0.3) is 5.56 Å². The van der Waals surface area contributed by atoms with E-state index in [2.05, 4.69) is 10.6 Å². The summed E-state index contributed by atoms with van der Waals surface area (Å²) in [5.41, 5.74) is 1.49. The maximum Gasteiger partial charge on any atom is 0.295 e. The number of amides is 1. The molecule has 1 aromatic heterocycles. The van der Waals surface area contributed by atoms with E-state index >= 15 is 0 Å². The molecule has 1 saturated heterocycles. The summed E-state index contributed by atoms with van der Waals surface area (Å²) >= 11 is 0. The maximum atomic E-state index is 12.8. The van der Waals surface area contributed by atoms with Gasteiger partial charge in [0.15, 0.2) is 0 Å². The zero-order chi connectivity index (χ0) is 17.3. The second-order valence-electron chi connectivity index (χ2n) is 5.93. The topological polar surface area (TPSA) is 77.3 Å². The molecule has 0 bridgehead atoms. The van der Waals surface area contributed by atoms with Crippen molar-refractivity contribution in [2.24, 2.45) is 7.05 Å². The average molecular weight is 330 g/mol. The Bertz CT molecular complexity index is 794. The van der Waals surface area contributed by atoms with Crippen molar-refractivity contribution in [3.8, 4) is 5.69 Å². The first-order chi connectivity index (χ1) is 11.5. The number of nitrogens with one attached hydrogen (secondary N) is 2. The van der Waals surface area contributed by atoms with E-state index in [4.69, 9.17) is 4.74 Å². The molecule has 0 unspecified atom stereocenters. The van der Waals surface area contributed by atoms with Gasteiger partial charge in [-0.3, -0.25) is 14.3 Å². The molecule has 1 fully saturated rings. The van der Waals surface area contributed by atoms with Crippen molar-refractivity contribution in [3.05, 3.63) is 46.4 Å². The quantitative estimate of drug-likeness (QED) is 0.873. The minimum absolute atomic E-state index is 0.237. The third-order valence-electron chi connectivity index (χ3n) is 4.40. The van der Waals surface area contributed by atoms with Crippen LogP contribution in [0.25, 0.3) is 5.69 Å². The molecule has 2 N–H and O–H groups in total.